The van der Waals surface area contributed by atoms with Crippen LogP contribution in [0.5, 0.6) is 0 Å². The van der Waals surface area contributed by atoms with Crippen LogP contribution in [0.25, 0.3) is 0 Å². The van der Waals surface area contributed by atoms with Gasteiger partial charge in [0.25, 0.3) is 0 Å². The smallest absolute Gasteiger partial charge is 0.118 e. The molecule has 0 N–H and O–H groups in total. The first-order chi connectivity index (χ1) is 15.1. The van der Waals surface area contributed by atoms with E-state index in [9.17, 15) is 0 Å². The summed E-state index contributed by atoms with van der Waals surface area (Å²) in [5, 5.41) is 0. The van der Waals surface area contributed by atoms with E-state index in [2.05, 4.69) is 75.1 Å². The van der Waals surface area contributed by atoms with E-state index in [-0.39, 0.29) is 0 Å². The first kappa shape index (κ1) is 21.3. The second-order valence-corrected chi connectivity index (χ2v) is 8.50. The average Bonchev–Trinajstić information content (AvgIpc) is 3.20. The van der Waals surface area contributed by atoms with E-state index in [1.54, 1.807) is 12.4 Å². The third-order valence-electron chi connectivity index (χ3n) is 5.77. The Morgan fingerprint density at radius 1 is 1.00 bits per heavy atom. The van der Waals surface area contributed by atoms with Gasteiger partial charge in [0.15, 0.2) is 0 Å². The average molecular weight is 415 g/mol. The molecule has 160 valence electrons. The second-order valence-electron chi connectivity index (χ2n) is 8.50. The van der Waals surface area contributed by atoms with Gasteiger partial charge in [-0.3, -0.25) is 4.90 Å². The molecule has 4 rings (SSSR count). The Bertz CT molecular complexity index is 1010. The van der Waals surface area contributed by atoms with Crippen LogP contribution in [0.4, 0.5) is 0 Å². The number of likely N-dealkylation sites (tertiary alicyclic amines) is 1. The predicted octanol–water partition coefficient (Wildman–Crippen LogP) is 4.12. The molecular formula is C26H30N4O. The zero-order valence-corrected chi connectivity index (χ0v) is 18.4. The fourth-order valence-corrected chi connectivity index (χ4v) is 4.14. The molecule has 3 aromatic rings. The van der Waals surface area contributed by atoms with E-state index < -0.39 is 0 Å². The molecule has 0 aliphatic carbocycles. The lowest BCUT2D eigenvalue weighted by atomic mass is 9.96. The van der Waals surface area contributed by atoms with Gasteiger partial charge in [0.1, 0.15) is 17.8 Å². The lowest BCUT2D eigenvalue weighted by Gasteiger charge is -2.33. The number of piperidine rings is 1. The van der Waals surface area contributed by atoms with E-state index in [4.69, 9.17) is 4.42 Å². The summed E-state index contributed by atoms with van der Waals surface area (Å²) >= 11 is 0. The fraction of sp³-hybridized carbons (Fsp3) is 0.385. The lowest BCUT2D eigenvalue weighted by Crippen LogP contribution is -2.37. The SMILES string of the molecule is Cc1ccc(CN2CCC(CN(C)Cc3ccc(C#Cc4cncnc4)cc3)CC2)o1. The normalized spacial score (nSPS) is 15.1. The molecule has 5 nitrogen and oxygen atoms in total. The van der Waals surface area contributed by atoms with Gasteiger partial charge in [-0.25, -0.2) is 9.97 Å². The van der Waals surface area contributed by atoms with Crippen LogP contribution >= 0.6 is 0 Å². The number of benzene rings is 1. The van der Waals surface area contributed by atoms with Crippen LogP contribution in [0.3, 0.4) is 0 Å². The van der Waals surface area contributed by atoms with Gasteiger partial charge in [-0.1, -0.05) is 24.0 Å². The van der Waals surface area contributed by atoms with Crippen molar-refractivity contribution in [2.75, 3.05) is 26.7 Å². The summed E-state index contributed by atoms with van der Waals surface area (Å²) in [6.45, 7) is 7.35. The Hall–Kier alpha value is -2.94. The predicted molar refractivity (Wildman–Crippen MR) is 122 cm³/mol. The topological polar surface area (TPSA) is 45.4 Å². The van der Waals surface area contributed by atoms with Crippen molar-refractivity contribution in [3.05, 3.63) is 83.3 Å². The van der Waals surface area contributed by atoms with E-state index in [0.29, 0.717) is 0 Å². The van der Waals surface area contributed by atoms with Crippen molar-refractivity contribution < 1.29 is 4.42 Å². The minimum Gasteiger partial charge on any atom is -0.465 e. The molecular weight excluding hydrogens is 384 g/mol. The largest absolute Gasteiger partial charge is 0.465 e. The summed E-state index contributed by atoms with van der Waals surface area (Å²) in [5.41, 5.74) is 3.16. The van der Waals surface area contributed by atoms with Gasteiger partial charge < -0.3 is 9.32 Å². The molecule has 1 fully saturated rings. The molecule has 0 atom stereocenters. The van der Waals surface area contributed by atoms with E-state index in [1.165, 1.54) is 24.7 Å². The molecule has 31 heavy (non-hydrogen) atoms. The minimum absolute atomic E-state index is 0.762. The second kappa shape index (κ2) is 10.4. The standard InChI is InChI=1S/C26H30N4O/c1-21-3-10-26(31-21)19-30-13-11-24(12-14-30)18-29(2)17-23-7-4-22(5-8-23)6-9-25-15-27-20-28-16-25/h3-5,7-8,10,15-16,20,24H,11-14,17-19H2,1-2H3. The van der Waals surface area contributed by atoms with Crippen molar-refractivity contribution in [2.24, 2.45) is 5.92 Å². The Labute approximate surface area is 185 Å². The number of hydrogen-bond acceptors (Lipinski definition) is 5. The highest BCUT2D eigenvalue weighted by Crippen LogP contribution is 2.21. The Kier molecular flexibility index (Phi) is 7.14. The third-order valence-corrected chi connectivity index (χ3v) is 5.77. The highest BCUT2D eigenvalue weighted by Gasteiger charge is 2.21. The van der Waals surface area contributed by atoms with E-state index >= 15 is 0 Å². The molecule has 5 heteroatoms. The summed E-state index contributed by atoms with van der Waals surface area (Å²) in [4.78, 5) is 12.9. The molecule has 0 spiro atoms. The van der Waals surface area contributed by atoms with E-state index in [1.807, 2.05) is 6.92 Å². The summed E-state index contributed by atoms with van der Waals surface area (Å²) in [6, 6.07) is 12.7. The van der Waals surface area contributed by atoms with Crippen molar-refractivity contribution >= 4 is 0 Å². The maximum atomic E-state index is 5.73. The maximum Gasteiger partial charge on any atom is 0.118 e. The molecule has 3 heterocycles. The highest BCUT2D eigenvalue weighted by atomic mass is 16.3. The van der Waals surface area contributed by atoms with Gasteiger partial charge in [-0.15, -0.1) is 0 Å². The first-order valence-corrected chi connectivity index (χ1v) is 11.0. The van der Waals surface area contributed by atoms with Crippen LogP contribution in [0.15, 0.2) is 59.5 Å². The van der Waals surface area contributed by atoms with Gasteiger partial charge >= 0.3 is 0 Å². The molecule has 0 radical (unpaired) electrons. The van der Waals surface area contributed by atoms with Crippen LogP contribution in [0.1, 0.15) is 41.1 Å². The van der Waals surface area contributed by atoms with Gasteiger partial charge in [0.2, 0.25) is 0 Å². The van der Waals surface area contributed by atoms with Crippen molar-refractivity contribution in [2.45, 2.75) is 32.9 Å². The van der Waals surface area contributed by atoms with Crippen molar-refractivity contribution in [3.63, 3.8) is 0 Å². The van der Waals surface area contributed by atoms with Crippen LogP contribution in [-0.4, -0.2) is 46.4 Å². The fourth-order valence-electron chi connectivity index (χ4n) is 4.14. The number of hydrogen-bond donors (Lipinski definition) is 0. The Balaban J connectivity index is 1.21. The number of nitrogens with zero attached hydrogens (tertiary/aromatic N) is 4. The monoisotopic (exact) mass is 414 g/mol. The van der Waals surface area contributed by atoms with Gasteiger partial charge in [0, 0.05) is 31.0 Å². The molecule has 1 aliphatic heterocycles. The van der Waals surface area contributed by atoms with Gasteiger partial charge in [0.05, 0.1) is 12.1 Å². The quantitative estimate of drug-likeness (QED) is 0.568. The number of aryl methyl sites for hydroxylation is 1. The molecule has 0 amide bonds. The summed E-state index contributed by atoms with van der Waals surface area (Å²) in [5.74, 6) is 9.12. The van der Waals surface area contributed by atoms with Crippen LogP contribution in [0, 0.1) is 24.7 Å². The maximum absolute atomic E-state index is 5.73. The van der Waals surface area contributed by atoms with Crippen molar-refractivity contribution in [1.82, 2.24) is 19.8 Å². The summed E-state index contributed by atoms with van der Waals surface area (Å²) in [7, 11) is 2.22. The Morgan fingerprint density at radius 2 is 1.71 bits per heavy atom. The number of aromatic nitrogens is 2. The summed E-state index contributed by atoms with van der Waals surface area (Å²) in [6.07, 6.45) is 7.47. The number of furan rings is 1. The zero-order valence-electron chi connectivity index (χ0n) is 18.4. The molecule has 2 aromatic heterocycles. The van der Waals surface area contributed by atoms with Gasteiger partial charge in [-0.2, -0.15) is 0 Å². The van der Waals surface area contributed by atoms with Crippen LogP contribution in [-0.2, 0) is 13.1 Å². The molecule has 0 saturated carbocycles. The van der Waals surface area contributed by atoms with Crippen LogP contribution < -0.4 is 0 Å². The van der Waals surface area contributed by atoms with E-state index in [0.717, 1.165) is 61.3 Å². The minimum atomic E-state index is 0.762. The molecule has 1 aromatic carbocycles. The molecule has 0 bridgehead atoms. The highest BCUT2D eigenvalue weighted by molar-refractivity contribution is 5.41. The zero-order chi connectivity index (χ0) is 21.5. The van der Waals surface area contributed by atoms with Crippen molar-refractivity contribution in [3.8, 4) is 11.8 Å². The van der Waals surface area contributed by atoms with Crippen LogP contribution in [0.2, 0.25) is 0 Å². The van der Waals surface area contributed by atoms with Gasteiger partial charge in [-0.05, 0) is 75.6 Å². The number of rotatable bonds is 6. The summed E-state index contributed by atoms with van der Waals surface area (Å²) < 4.78 is 5.73. The van der Waals surface area contributed by atoms with Crippen molar-refractivity contribution in [1.29, 1.82) is 0 Å². The molecule has 1 saturated heterocycles. The Morgan fingerprint density at radius 3 is 2.39 bits per heavy atom. The molecule has 1 aliphatic rings. The first-order valence-electron chi connectivity index (χ1n) is 11.0. The molecule has 0 unspecified atom stereocenters. The lowest BCUT2D eigenvalue weighted by molar-refractivity contribution is 0.140. The third kappa shape index (κ3) is 6.52.